The van der Waals surface area contributed by atoms with Crippen molar-refractivity contribution in [2.24, 2.45) is 5.10 Å². The Morgan fingerprint density at radius 2 is 1.95 bits per heavy atom. The van der Waals surface area contributed by atoms with Gasteiger partial charge in [-0.1, -0.05) is 36.4 Å². The number of ketones is 1. The van der Waals surface area contributed by atoms with Crippen LogP contribution in [0.3, 0.4) is 0 Å². The first-order valence-corrected chi connectivity index (χ1v) is 7.64. The molecule has 112 valence electrons. The van der Waals surface area contributed by atoms with Crippen molar-refractivity contribution in [1.82, 2.24) is 5.43 Å². The Morgan fingerprint density at radius 1 is 1.18 bits per heavy atom. The third-order valence-corrected chi connectivity index (χ3v) is 4.49. The highest BCUT2D eigenvalue weighted by atomic mass is 32.1. The van der Waals surface area contributed by atoms with Crippen LogP contribution < -0.4 is 5.43 Å². The highest BCUT2D eigenvalue weighted by Crippen LogP contribution is 2.31. The minimum atomic E-state index is -0.602. The van der Waals surface area contributed by atoms with Crippen molar-refractivity contribution < 1.29 is 14.3 Å². The van der Waals surface area contributed by atoms with Crippen molar-refractivity contribution >= 4 is 28.8 Å². The smallest absolute Gasteiger partial charge is 0.354 e. The number of carbonyl (C=O) groups excluding carboxylic acids is 2. The average molecular weight is 314 g/mol. The topological polar surface area (TPSA) is 67.8 Å². The van der Waals surface area contributed by atoms with Crippen molar-refractivity contribution in [2.45, 2.75) is 12.0 Å². The molecule has 2 heterocycles. The van der Waals surface area contributed by atoms with Crippen LogP contribution in [0.1, 0.15) is 21.2 Å². The van der Waals surface area contributed by atoms with Gasteiger partial charge in [0.25, 0.3) is 0 Å². The molecular weight excluding hydrogens is 300 g/mol. The van der Waals surface area contributed by atoms with E-state index in [0.717, 1.165) is 4.88 Å². The molecule has 2 unspecified atom stereocenters. The minimum absolute atomic E-state index is 0.0957. The van der Waals surface area contributed by atoms with Gasteiger partial charge in [-0.2, -0.15) is 5.10 Å². The highest BCUT2D eigenvalue weighted by molar-refractivity contribution is 7.10. The molecule has 2 atom stereocenters. The van der Waals surface area contributed by atoms with Crippen LogP contribution in [-0.2, 0) is 9.53 Å². The number of carbonyl (C=O) groups is 2. The van der Waals surface area contributed by atoms with Gasteiger partial charge in [0.15, 0.2) is 11.5 Å². The number of hydrogen-bond acceptors (Lipinski definition) is 6. The van der Waals surface area contributed by atoms with Crippen molar-refractivity contribution in [2.75, 3.05) is 7.11 Å². The maximum atomic E-state index is 12.7. The number of nitrogens with one attached hydrogen (secondary N) is 1. The summed E-state index contributed by atoms with van der Waals surface area (Å²) in [5, 5.41) is 5.96. The van der Waals surface area contributed by atoms with Crippen molar-refractivity contribution in [3.63, 3.8) is 0 Å². The first-order valence-electron chi connectivity index (χ1n) is 6.76. The number of benzene rings is 1. The molecule has 0 bridgehead atoms. The van der Waals surface area contributed by atoms with Crippen LogP contribution in [0.2, 0.25) is 0 Å². The summed E-state index contributed by atoms with van der Waals surface area (Å²) < 4.78 is 4.78. The molecule has 1 N–H and O–H groups in total. The Kier molecular flexibility index (Phi) is 4.02. The molecule has 1 aliphatic heterocycles. The lowest BCUT2D eigenvalue weighted by Gasteiger charge is -2.17. The summed E-state index contributed by atoms with van der Waals surface area (Å²) in [5.41, 5.74) is 3.62. The van der Waals surface area contributed by atoms with Gasteiger partial charge in [-0.25, -0.2) is 4.79 Å². The van der Waals surface area contributed by atoms with Gasteiger partial charge >= 0.3 is 5.97 Å². The Labute approximate surface area is 131 Å². The summed E-state index contributed by atoms with van der Waals surface area (Å²) in [6, 6.07) is 12.2. The lowest BCUT2D eigenvalue weighted by atomic mass is 9.89. The lowest BCUT2D eigenvalue weighted by molar-refractivity contribution is -0.132. The van der Waals surface area contributed by atoms with E-state index in [1.54, 1.807) is 12.1 Å². The Bertz CT molecular complexity index is 710. The van der Waals surface area contributed by atoms with E-state index >= 15 is 0 Å². The fourth-order valence-corrected chi connectivity index (χ4v) is 3.34. The predicted molar refractivity (Wildman–Crippen MR) is 84.2 cm³/mol. The standard InChI is InChI=1S/C16H14N2O3S/c1-21-16(20)14-12(11-8-5-9-22-11)13(17-18-14)15(19)10-6-3-2-4-7-10/h2-9,12-13,17H,1H3. The van der Waals surface area contributed by atoms with Gasteiger partial charge in [0, 0.05) is 10.4 Å². The van der Waals surface area contributed by atoms with Gasteiger partial charge in [-0.15, -0.1) is 11.3 Å². The lowest BCUT2D eigenvalue weighted by Crippen LogP contribution is -2.37. The van der Waals surface area contributed by atoms with E-state index in [1.807, 2.05) is 35.7 Å². The van der Waals surface area contributed by atoms with Crippen molar-refractivity contribution in [1.29, 1.82) is 0 Å². The SMILES string of the molecule is COC(=O)C1=NNC(C(=O)c2ccccc2)C1c1cccs1. The van der Waals surface area contributed by atoms with E-state index in [4.69, 9.17) is 4.74 Å². The maximum Gasteiger partial charge on any atom is 0.354 e. The molecule has 5 nitrogen and oxygen atoms in total. The van der Waals surface area contributed by atoms with Crippen molar-refractivity contribution in [3.05, 3.63) is 58.3 Å². The highest BCUT2D eigenvalue weighted by Gasteiger charge is 2.42. The Balaban J connectivity index is 1.95. The van der Waals surface area contributed by atoms with Gasteiger partial charge in [-0.05, 0) is 11.4 Å². The van der Waals surface area contributed by atoms with Crippen LogP contribution in [0.25, 0.3) is 0 Å². The average Bonchev–Trinajstić information content (AvgIpc) is 3.23. The zero-order valence-corrected chi connectivity index (χ0v) is 12.7. The number of hydrogen-bond donors (Lipinski definition) is 1. The molecule has 0 saturated carbocycles. The monoisotopic (exact) mass is 314 g/mol. The van der Waals surface area contributed by atoms with E-state index in [-0.39, 0.29) is 11.5 Å². The zero-order valence-electron chi connectivity index (χ0n) is 11.9. The summed E-state index contributed by atoms with van der Waals surface area (Å²) in [6.45, 7) is 0. The molecule has 3 rings (SSSR count). The molecule has 22 heavy (non-hydrogen) atoms. The van der Waals surface area contributed by atoms with Gasteiger partial charge in [-0.3, -0.25) is 10.2 Å². The third-order valence-electron chi connectivity index (χ3n) is 3.54. The number of nitrogens with zero attached hydrogens (tertiary/aromatic N) is 1. The summed E-state index contributed by atoms with van der Waals surface area (Å²) in [5.74, 6) is -1.05. The van der Waals surface area contributed by atoms with E-state index in [0.29, 0.717) is 5.56 Å². The normalized spacial score (nSPS) is 20.1. The predicted octanol–water partition coefficient (Wildman–Crippen LogP) is 2.22. The van der Waals surface area contributed by atoms with Gasteiger partial charge in [0.05, 0.1) is 13.0 Å². The van der Waals surface area contributed by atoms with Crippen LogP contribution in [0.15, 0.2) is 52.9 Å². The number of ether oxygens (including phenoxy) is 1. The quantitative estimate of drug-likeness (QED) is 0.694. The summed E-state index contributed by atoms with van der Waals surface area (Å²) in [4.78, 5) is 25.6. The largest absolute Gasteiger partial charge is 0.464 e. The van der Waals surface area contributed by atoms with Gasteiger partial charge in [0.2, 0.25) is 0 Å². The first kappa shape index (κ1) is 14.5. The molecular formula is C16H14N2O3S. The Morgan fingerprint density at radius 3 is 2.59 bits per heavy atom. The molecule has 0 spiro atoms. The number of hydrazone groups is 1. The number of Topliss-reactive ketones (excluding diaryl/α,β-unsaturated/α-hetero) is 1. The van der Waals surface area contributed by atoms with E-state index in [2.05, 4.69) is 10.5 Å². The second-order valence-corrected chi connectivity index (χ2v) is 5.80. The Hall–Kier alpha value is -2.47. The second kappa shape index (κ2) is 6.11. The molecule has 0 fully saturated rings. The van der Waals surface area contributed by atoms with Crippen LogP contribution in [0.5, 0.6) is 0 Å². The van der Waals surface area contributed by atoms with Crippen LogP contribution in [-0.4, -0.2) is 30.6 Å². The number of rotatable bonds is 4. The molecule has 6 heteroatoms. The maximum absolute atomic E-state index is 12.7. The van der Waals surface area contributed by atoms with E-state index in [1.165, 1.54) is 18.4 Å². The van der Waals surface area contributed by atoms with Gasteiger partial charge in [0.1, 0.15) is 6.04 Å². The van der Waals surface area contributed by atoms with Crippen LogP contribution in [0.4, 0.5) is 0 Å². The second-order valence-electron chi connectivity index (χ2n) is 4.82. The molecule has 2 aromatic rings. The molecule has 1 aliphatic rings. The molecule has 0 aliphatic carbocycles. The number of methoxy groups -OCH3 is 1. The molecule has 0 amide bonds. The summed E-state index contributed by atoms with van der Waals surface area (Å²) in [7, 11) is 1.31. The van der Waals surface area contributed by atoms with E-state index < -0.39 is 17.9 Å². The number of esters is 1. The van der Waals surface area contributed by atoms with Gasteiger partial charge < -0.3 is 4.74 Å². The van der Waals surface area contributed by atoms with Crippen molar-refractivity contribution in [3.8, 4) is 0 Å². The fourth-order valence-electron chi connectivity index (χ4n) is 2.48. The molecule has 0 saturated heterocycles. The minimum Gasteiger partial charge on any atom is -0.464 e. The molecule has 1 aromatic heterocycles. The molecule has 1 aromatic carbocycles. The zero-order chi connectivity index (χ0) is 15.5. The van der Waals surface area contributed by atoms with Crippen LogP contribution >= 0.6 is 11.3 Å². The third kappa shape index (κ3) is 2.53. The van der Waals surface area contributed by atoms with E-state index in [9.17, 15) is 9.59 Å². The first-order chi connectivity index (χ1) is 10.7. The van der Waals surface area contributed by atoms with Crippen LogP contribution in [0, 0.1) is 0 Å². The fraction of sp³-hybridized carbons (Fsp3) is 0.188. The number of thiophene rings is 1. The molecule has 0 radical (unpaired) electrons. The summed E-state index contributed by atoms with van der Waals surface area (Å²) in [6.07, 6.45) is 0. The summed E-state index contributed by atoms with van der Waals surface area (Å²) >= 11 is 1.49.